The second-order valence-corrected chi connectivity index (χ2v) is 7.76. The third kappa shape index (κ3) is 5.37. The molecule has 1 aromatic carbocycles. The molecular weight excluding hydrogens is 451 g/mol. The molecule has 0 saturated carbocycles. The topological polar surface area (TPSA) is 121 Å². The Morgan fingerprint density at radius 3 is 2.65 bits per heavy atom. The van der Waals surface area contributed by atoms with Crippen LogP contribution in [0.4, 0.5) is 24.8 Å². The van der Waals surface area contributed by atoms with Crippen molar-refractivity contribution in [2.75, 3.05) is 32.1 Å². The van der Waals surface area contributed by atoms with Gasteiger partial charge in [0.05, 0.1) is 42.9 Å². The van der Waals surface area contributed by atoms with Crippen molar-refractivity contribution in [1.82, 2.24) is 25.5 Å². The molecule has 3 N–H and O–H groups in total. The van der Waals surface area contributed by atoms with Gasteiger partial charge in [-0.2, -0.15) is 23.5 Å². The molecule has 1 unspecified atom stereocenters. The molecule has 0 aliphatic carbocycles. The zero-order valence-electron chi connectivity index (χ0n) is 18.2. The fraction of sp³-hybridized carbons (Fsp3) is 0.364. The minimum absolute atomic E-state index is 0.0000380. The molecule has 34 heavy (non-hydrogen) atoms. The Morgan fingerprint density at radius 1 is 1.18 bits per heavy atom. The molecule has 3 heterocycles. The minimum atomic E-state index is -4.56. The number of nitriles is 1. The molecule has 2 aromatic heterocycles. The average molecular weight is 473 g/mol. The first-order valence-electron chi connectivity index (χ1n) is 10.5. The maximum Gasteiger partial charge on any atom is 0.416 e. The molecule has 1 fully saturated rings. The first-order chi connectivity index (χ1) is 16.4. The van der Waals surface area contributed by atoms with Crippen LogP contribution in [-0.4, -0.2) is 47.0 Å². The van der Waals surface area contributed by atoms with Gasteiger partial charge in [-0.05, 0) is 31.5 Å². The van der Waals surface area contributed by atoms with Crippen LogP contribution in [0.1, 0.15) is 24.1 Å². The van der Waals surface area contributed by atoms with Crippen LogP contribution in [0, 0.1) is 17.2 Å². The Labute approximate surface area is 193 Å². The van der Waals surface area contributed by atoms with E-state index in [2.05, 4.69) is 30.8 Å². The number of hydrogen-bond acceptors (Lipinski definition) is 8. The summed E-state index contributed by atoms with van der Waals surface area (Å²) in [5, 5.41) is 22.0. The normalized spacial score (nSPS) is 16.0. The van der Waals surface area contributed by atoms with Crippen LogP contribution in [-0.2, 0) is 6.18 Å². The molecule has 1 saturated heterocycles. The highest BCUT2D eigenvalue weighted by Crippen LogP contribution is 2.43. The number of nitrogens with zero attached hydrogens (tertiary/aromatic N) is 4. The third-order valence-electron chi connectivity index (χ3n) is 5.36. The third-order valence-corrected chi connectivity index (χ3v) is 5.36. The van der Waals surface area contributed by atoms with Crippen molar-refractivity contribution < 1.29 is 22.6 Å². The molecule has 9 nitrogen and oxygen atoms in total. The molecule has 0 bridgehead atoms. The lowest BCUT2D eigenvalue weighted by atomic mass is 10.0. The Balaban J connectivity index is 1.65. The van der Waals surface area contributed by atoms with E-state index in [0.29, 0.717) is 22.9 Å². The number of piperidine rings is 1. The first kappa shape index (κ1) is 23.3. The Kier molecular flexibility index (Phi) is 6.83. The van der Waals surface area contributed by atoms with Gasteiger partial charge in [0, 0.05) is 18.5 Å². The van der Waals surface area contributed by atoms with Crippen molar-refractivity contribution in [2.24, 2.45) is 5.92 Å². The van der Waals surface area contributed by atoms with Crippen molar-refractivity contribution in [2.45, 2.75) is 19.0 Å². The summed E-state index contributed by atoms with van der Waals surface area (Å²) in [5.41, 5.74) is 0.0190. The summed E-state index contributed by atoms with van der Waals surface area (Å²) in [4.78, 5) is 7.99. The van der Waals surface area contributed by atoms with Gasteiger partial charge in [-0.25, -0.2) is 9.97 Å². The Morgan fingerprint density at radius 2 is 2.00 bits per heavy atom. The van der Waals surface area contributed by atoms with Gasteiger partial charge >= 0.3 is 6.18 Å². The first-order valence-corrected chi connectivity index (χ1v) is 10.5. The van der Waals surface area contributed by atoms with E-state index in [0.717, 1.165) is 38.1 Å². The number of ether oxygens (including phenoxy) is 2. The van der Waals surface area contributed by atoms with E-state index in [1.54, 1.807) is 6.07 Å². The summed E-state index contributed by atoms with van der Waals surface area (Å²) >= 11 is 0. The standard InChI is InChI=1S/C22H22F3N7O2/c1-33-17-5-14(22(23,24)25)6-18(34-12-13-3-2-4-27-9-13)21(17)16-7-19(32-31-16)30-20-11-28-15(8-26)10-29-20/h5-7,10-11,13,27H,2-4,9,12H2,1H3,(H2,29,30,31,32). The summed E-state index contributed by atoms with van der Waals surface area (Å²) in [5.74, 6) is 0.928. The number of methoxy groups -OCH3 is 1. The summed E-state index contributed by atoms with van der Waals surface area (Å²) in [6.45, 7) is 1.94. The van der Waals surface area contributed by atoms with Crippen LogP contribution >= 0.6 is 0 Å². The number of H-pyrrole nitrogens is 1. The molecule has 3 aromatic rings. The van der Waals surface area contributed by atoms with Gasteiger partial charge in [0.25, 0.3) is 0 Å². The van der Waals surface area contributed by atoms with Crippen LogP contribution < -0.4 is 20.1 Å². The highest BCUT2D eigenvalue weighted by atomic mass is 19.4. The lowest BCUT2D eigenvalue weighted by Gasteiger charge is -2.24. The van der Waals surface area contributed by atoms with Gasteiger partial charge in [-0.15, -0.1) is 0 Å². The molecule has 0 radical (unpaired) electrons. The average Bonchev–Trinajstić information content (AvgIpc) is 3.30. The van der Waals surface area contributed by atoms with Crippen LogP contribution in [0.5, 0.6) is 11.5 Å². The highest BCUT2D eigenvalue weighted by Gasteiger charge is 2.33. The number of nitrogens with one attached hydrogen (secondary N) is 3. The van der Waals surface area contributed by atoms with E-state index in [9.17, 15) is 13.2 Å². The van der Waals surface area contributed by atoms with E-state index in [1.807, 2.05) is 6.07 Å². The van der Waals surface area contributed by atoms with Crippen LogP contribution in [0.15, 0.2) is 30.6 Å². The molecule has 1 aliphatic rings. The predicted molar refractivity (Wildman–Crippen MR) is 117 cm³/mol. The van der Waals surface area contributed by atoms with E-state index in [-0.39, 0.29) is 29.7 Å². The quantitative estimate of drug-likeness (QED) is 0.473. The number of halogens is 3. The van der Waals surface area contributed by atoms with Crippen molar-refractivity contribution in [3.63, 3.8) is 0 Å². The van der Waals surface area contributed by atoms with Gasteiger partial charge in [-0.1, -0.05) is 0 Å². The number of aromatic nitrogens is 4. The molecule has 1 aliphatic heterocycles. The number of benzene rings is 1. The number of rotatable bonds is 7. The number of aromatic amines is 1. The Bertz CT molecular complexity index is 1170. The van der Waals surface area contributed by atoms with Crippen molar-refractivity contribution >= 4 is 11.6 Å². The zero-order valence-corrected chi connectivity index (χ0v) is 18.2. The van der Waals surface area contributed by atoms with Crippen molar-refractivity contribution in [1.29, 1.82) is 5.26 Å². The second-order valence-electron chi connectivity index (χ2n) is 7.76. The van der Waals surface area contributed by atoms with Crippen LogP contribution in [0.2, 0.25) is 0 Å². The van der Waals surface area contributed by atoms with Gasteiger partial charge in [0.2, 0.25) is 0 Å². The van der Waals surface area contributed by atoms with Crippen molar-refractivity contribution in [3.05, 3.63) is 41.9 Å². The van der Waals surface area contributed by atoms with Gasteiger partial charge < -0.3 is 20.1 Å². The van der Waals surface area contributed by atoms with E-state index in [1.165, 1.54) is 19.5 Å². The highest BCUT2D eigenvalue weighted by molar-refractivity contribution is 5.77. The van der Waals surface area contributed by atoms with Gasteiger partial charge in [0.15, 0.2) is 11.5 Å². The monoisotopic (exact) mass is 473 g/mol. The van der Waals surface area contributed by atoms with E-state index < -0.39 is 11.7 Å². The van der Waals surface area contributed by atoms with Gasteiger partial charge in [0.1, 0.15) is 23.4 Å². The predicted octanol–water partition coefficient (Wildman–Crippen LogP) is 3.89. The van der Waals surface area contributed by atoms with E-state index in [4.69, 9.17) is 14.7 Å². The second kappa shape index (κ2) is 9.96. The van der Waals surface area contributed by atoms with Crippen LogP contribution in [0.25, 0.3) is 11.3 Å². The minimum Gasteiger partial charge on any atom is -0.496 e. The Hall–Kier alpha value is -3.85. The molecule has 1 atom stereocenters. The summed E-state index contributed by atoms with van der Waals surface area (Å²) in [6.07, 6.45) is 0.0350. The molecule has 0 amide bonds. The molecular formula is C22H22F3N7O2. The van der Waals surface area contributed by atoms with Gasteiger partial charge in [-0.3, -0.25) is 5.10 Å². The summed E-state index contributed by atoms with van der Waals surface area (Å²) in [7, 11) is 1.30. The fourth-order valence-electron chi connectivity index (χ4n) is 3.66. The fourth-order valence-corrected chi connectivity index (χ4v) is 3.66. The smallest absolute Gasteiger partial charge is 0.416 e. The SMILES string of the molecule is COc1cc(C(F)(F)F)cc(OCC2CCCNC2)c1-c1cc(Nc2cnc(C#N)cn2)n[nH]1. The molecule has 4 rings (SSSR count). The lowest BCUT2D eigenvalue weighted by Crippen LogP contribution is -2.33. The molecule has 178 valence electrons. The largest absolute Gasteiger partial charge is 0.496 e. The zero-order chi connectivity index (χ0) is 24.1. The maximum absolute atomic E-state index is 13.5. The molecule has 0 spiro atoms. The number of alkyl halides is 3. The maximum atomic E-state index is 13.5. The van der Waals surface area contributed by atoms with E-state index >= 15 is 0 Å². The summed E-state index contributed by atoms with van der Waals surface area (Å²) in [6, 6.07) is 5.39. The van der Waals surface area contributed by atoms with Crippen molar-refractivity contribution in [3.8, 4) is 28.8 Å². The van der Waals surface area contributed by atoms with Crippen LogP contribution in [0.3, 0.4) is 0 Å². The number of anilines is 2. The summed E-state index contributed by atoms with van der Waals surface area (Å²) < 4.78 is 51.8. The molecule has 12 heteroatoms. The number of hydrogen-bond donors (Lipinski definition) is 3. The lowest BCUT2D eigenvalue weighted by molar-refractivity contribution is -0.137.